The molecule has 0 aliphatic heterocycles. The van der Waals surface area contributed by atoms with Gasteiger partial charge in [-0.05, 0) is 80.4 Å². The van der Waals surface area contributed by atoms with Gasteiger partial charge in [0, 0.05) is 11.3 Å². The van der Waals surface area contributed by atoms with Crippen LogP contribution in [0.15, 0.2) is 42.5 Å². The Morgan fingerprint density at radius 3 is 2.53 bits per heavy atom. The van der Waals surface area contributed by atoms with Crippen LogP contribution in [-0.2, 0) is 9.53 Å². The number of carbonyl (C=O) groups is 2. The largest absolute Gasteiger partial charge is 0.481 e. The Labute approximate surface area is 189 Å². The third kappa shape index (κ3) is 2.79. The summed E-state index contributed by atoms with van der Waals surface area (Å²) in [6.45, 7) is 8.34. The van der Waals surface area contributed by atoms with Gasteiger partial charge >= 0.3 is 11.9 Å². The number of hydrogen-bond donors (Lipinski definition) is 2. The zero-order chi connectivity index (χ0) is 22.9. The van der Waals surface area contributed by atoms with E-state index in [9.17, 15) is 19.8 Å². The standard InChI is InChI=1S/C27H34O5/c1-16-18-14-19(32-23(29)17-8-5-4-6-9-17)21-25(2)11-7-12-26(3,24(30)31)20(25)10-13-27(21,15-18)22(16)28/h4-6,8-9,18-22,28H,1,7,10-15H2,2-3H3,(H,30,31)/t18-,19+,20+,21+,22-,25-,26-,27-/m1/s1. The van der Waals surface area contributed by atoms with Gasteiger partial charge in [-0.15, -0.1) is 0 Å². The first-order valence-corrected chi connectivity index (χ1v) is 12.0. The van der Waals surface area contributed by atoms with E-state index in [1.54, 1.807) is 12.1 Å². The molecule has 4 aliphatic carbocycles. The second-order valence-corrected chi connectivity index (χ2v) is 11.3. The van der Waals surface area contributed by atoms with Crippen LogP contribution in [0.5, 0.6) is 0 Å². The average Bonchev–Trinajstić information content (AvgIpc) is 2.94. The molecule has 2 N–H and O–H groups in total. The van der Waals surface area contributed by atoms with Crippen LogP contribution >= 0.6 is 0 Å². The number of carboxylic acid groups (broad SMARTS) is 1. The Balaban J connectivity index is 1.57. The van der Waals surface area contributed by atoms with Gasteiger partial charge in [-0.2, -0.15) is 0 Å². The molecule has 5 heteroatoms. The van der Waals surface area contributed by atoms with Gasteiger partial charge < -0.3 is 14.9 Å². The molecule has 1 aromatic rings. The smallest absolute Gasteiger partial charge is 0.338 e. The molecule has 8 atom stereocenters. The quantitative estimate of drug-likeness (QED) is 0.521. The summed E-state index contributed by atoms with van der Waals surface area (Å²) in [6.07, 6.45) is 4.51. The Hall–Kier alpha value is -2.14. The summed E-state index contributed by atoms with van der Waals surface area (Å²) in [5.74, 6) is -1.01. The van der Waals surface area contributed by atoms with Crippen molar-refractivity contribution in [1.29, 1.82) is 0 Å². The van der Waals surface area contributed by atoms with E-state index >= 15 is 0 Å². The molecule has 0 amide bonds. The molecule has 4 saturated carbocycles. The number of esters is 1. The van der Waals surface area contributed by atoms with Crippen LogP contribution in [0.1, 0.15) is 69.2 Å². The molecule has 4 aliphatic rings. The van der Waals surface area contributed by atoms with Gasteiger partial charge in [0.05, 0.1) is 17.1 Å². The van der Waals surface area contributed by atoms with Crippen LogP contribution in [0.2, 0.25) is 0 Å². The number of benzene rings is 1. The Morgan fingerprint density at radius 2 is 1.84 bits per heavy atom. The molecule has 2 bridgehead atoms. The summed E-state index contributed by atoms with van der Waals surface area (Å²) in [5.41, 5.74) is -0.103. The van der Waals surface area contributed by atoms with E-state index in [4.69, 9.17) is 4.74 Å². The third-order valence-corrected chi connectivity index (χ3v) is 9.90. The highest BCUT2D eigenvalue weighted by Crippen LogP contribution is 2.72. The molecule has 0 unspecified atom stereocenters. The zero-order valence-electron chi connectivity index (χ0n) is 19.0. The van der Waals surface area contributed by atoms with Crippen LogP contribution in [-0.4, -0.2) is 34.4 Å². The SMILES string of the molecule is C=C1[C@@H]2C[C@H](OC(=O)c3ccccc3)[C@H]3[C@]4(C)CCC[C@@](C)(C(=O)O)[C@H]4CC[C@]3(C2)[C@@H]1O. The number of carbonyl (C=O) groups excluding carboxylic acids is 1. The fourth-order valence-corrected chi connectivity index (χ4v) is 8.59. The maximum atomic E-state index is 13.1. The molecule has 5 rings (SSSR count). The summed E-state index contributed by atoms with van der Waals surface area (Å²) in [7, 11) is 0. The van der Waals surface area contributed by atoms with Crippen molar-refractivity contribution in [3.63, 3.8) is 0 Å². The molecule has 0 heterocycles. The predicted molar refractivity (Wildman–Crippen MR) is 120 cm³/mol. The van der Waals surface area contributed by atoms with Crippen molar-refractivity contribution >= 4 is 11.9 Å². The molecule has 32 heavy (non-hydrogen) atoms. The summed E-state index contributed by atoms with van der Waals surface area (Å²) >= 11 is 0. The normalized spacial score (nSPS) is 45.0. The lowest BCUT2D eigenvalue weighted by Gasteiger charge is -2.64. The molecular formula is C27H34O5. The van der Waals surface area contributed by atoms with E-state index in [0.717, 1.165) is 37.7 Å². The minimum atomic E-state index is -0.792. The minimum Gasteiger partial charge on any atom is -0.481 e. The first-order valence-electron chi connectivity index (χ1n) is 12.0. The van der Waals surface area contributed by atoms with Crippen LogP contribution in [0, 0.1) is 34.0 Å². The van der Waals surface area contributed by atoms with E-state index in [0.29, 0.717) is 18.4 Å². The highest BCUT2D eigenvalue weighted by atomic mass is 16.5. The topological polar surface area (TPSA) is 83.8 Å². The van der Waals surface area contributed by atoms with Crippen molar-refractivity contribution in [2.24, 2.45) is 34.0 Å². The van der Waals surface area contributed by atoms with Crippen molar-refractivity contribution in [2.75, 3.05) is 0 Å². The van der Waals surface area contributed by atoms with Crippen molar-refractivity contribution in [3.8, 4) is 0 Å². The lowest BCUT2D eigenvalue weighted by Crippen LogP contribution is -2.63. The maximum Gasteiger partial charge on any atom is 0.338 e. The number of ether oxygens (including phenoxy) is 1. The number of fused-ring (bicyclic) bond motifs is 3. The summed E-state index contributed by atoms with van der Waals surface area (Å²) in [5, 5.41) is 21.6. The molecular weight excluding hydrogens is 404 g/mol. The molecule has 172 valence electrons. The second-order valence-electron chi connectivity index (χ2n) is 11.3. The zero-order valence-corrected chi connectivity index (χ0v) is 19.0. The van der Waals surface area contributed by atoms with Gasteiger partial charge in [0.25, 0.3) is 0 Å². The number of hydrogen-bond acceptors (Lipinski definition) is 4. The fourth-order valence-electron chi connectivity index (χ4n) is 8.59. The summed E-state index contributed by atoms with van der Waals surface area (Å²) in [4.78, 5) is 25.5. The number of aliphatic carboxylic acids is 1. The lowest BCUT2D eigenvalue weighted by atomic mass is 9.40. The Morgan fingerprint density at radius 1 is 1.12 bits per heavy atom. The van der Waals surface area contributed by atoms with Gasteiger partial charge in [0.15, 0.2) is 0 Å². The number of aliphatic hydroxyl groups is 1. The lowest BCUT2D eigenvalue weighted by molar-refractivity contribution is -0.212. The van der Waals surface area contributed by atoms with E-state index in [1.807, 2.05) is 25.1 Å². The summed E-state index contributed by atoms with van der Waals surface area (Å²) < 4.78 is 6.22. The Bertz CT molecular complexity index is 956. The highest BCUT2D eigenvalue weighted by Gasteiger charge is 2.70. The highest BCUT2D eigenvalue weighted by molar-refractivity contribution is 5.89. The summed E-state index contributed by atoms with van der Waals surface area (Å²) in [6, 6.07) is 9.04. The fraction of sp³-hybridized carbons (Fsp3) is 0.630. The number of aliphatic hydroxyl groups excluding tert-OH is 1. The van der Waals surface area contributed by atoms with Crippen molar-refractivity contribution < 1.29 is 24.5 Å². The average molecular weight is 439 g/mol. The van der Waals surface area contributed by atoms with Gasteiger partial charge in [-0.25, -0.2) is 4.79 Å². The molecule has 1 spiro atoms. The molecule has 4 fully saturated rings. The van der Waals surface area contributed by atoms with E-state index in [1.165, 1.54) is 0 Å². The monoisotopic (exact) mass is 438 g/mol. The van der Waals surface area contributed by atoms with E-state index in [-0.39, 0.29) is 40.7 Å². The predicted octanol–water partition coefficient (Wildman–Crippen LogP) is 4.85. The van der Waals surface area contributed by atoms with Crippen molar-refractivity contribution in [2.45, 2.75) is 71.0 Å². The van der Waals surface area contributed by atoms with Crippen molar-refractivity contribution in [1.82, 2.24) is 0 Å². The molecule has 0 radical (unpaired) electrons. The van der Waals surface area contributed by atoms with Gasteiger partial charge in [0.1, 0.15) is 6.10 Å². The van der Waals surface area contributed by atoms with Gasteiger partial charge in [-0.1, -0.05) is 38.1 Å². The third-order valence-electron chi connectivity index (χ3n) is 9.90. The van der Waals surface area contributed by atoms with Gasteiger partial charge in [-0.3, -0.25) is 4.79 Å². The first kappa shape index (κ1) is 21.7. The van der Waals surface area contributed by atoms with Gasteiger partial charge in [0.2, 0.25) is 0 Å². The molecule has 0 saturated heterocycles. The van der Waals surface area contributed by atoms with Crippen LogP contribution < -0.4 is 0 Å². The number of carboxylic acids is 1. The van der Waals surface area contributed by atoms with Crippen molar-refractivity contribution in [3.05, 3.63) is 48.0 Å². The molecule has 5 nitrogen and oxygen atoms in total. The molecule has 1 aromatic carbocycles. The number of rotatable bonds is 3. The molecule has 0 aromatic heterocycles. The Kier molecular flexibility index (Phi) is 4.87. The van der Waals surface area contributed by atoms with Crippen LogP contribution in [0.3, 0.4) is 0 Å². The van der Waals surface area contributed by atoms with E-state index < -0.39 is 17.5 Å². The van der Waals surface area contributed by atoms with E-state index in [2.05, 4.69) is 13.5 Å². The maximum absolute atomic E-state index is 13.1. The first-order chi connectivity index (χ1) is 15.1. The second kappa shape index (κ2) is 7.18. The van der Waals surface area contributed by atoms with Crippen LogP contribution in [0.4, 0.5) is 0 Å². The minimum absolute atomic E-state index is 0.00702. The van der Waals surface area contributed by atoms with Crippen LogP contribution in [0.25, 0.3) is 0 Å².